The first-order valence-electron chi connectivity index (χ1n) is 2.89. The fourth-order valence-electron chi connectivity index (χ4n) is 0.599. The Morgan fingerprint density at radius 3 is 2.67 bits per heavy atom. The van der Waals surface area contributed by atoms with E-state index in [0.717, 1.165) is 12.0 Å². The predicted octanol–water partition coefficient (Wildman–Crippen LogP) is 2.82. The van der Waals surface area contributed by atoms with Crippen molar-refractivity contribution in [2.24, 2.45) is 5.90 Å². The molecule has 66 valence electrons. The van der Waals surface area contributed by atoms with Crippen LogP contribution in [0.1, 0.15) is 0 Å². The third-order valence-corrected chi connectivity index (χ3v) is 2.40. The first-order chi connectivity index (χ1) is 5.74. The Balaban J connectivity index is 2.72. The molecule has 2 N–H and O–H groups in total. The van der Waals surface area contributed by atoms with Gasteiger partial charge in [0.15, 0.2) is 0 Å². The molecule has 0 spiro atoms. The monoisotopic (exact) mass is 225 g/mol. The van der Waals surface area contributed by atoms with E-state index < -0.39 is 0 Å². The van der Waals surface area contributed by atoms with E-state index in [1.807, 2.05) is 0 Å². The number of halogens is 2. The van der Waals surface area contributed by atoms with Gasteiger partial charge in [-0.2, -0.15) is 5.90 Å². The van der Waals surface area contributed by atoms with Crippen LogP contribution in [0, 0.1) is 0 Å². The lowest BCUT2D eigenvalue weighted by Crippen LogP contribution is -1.93. The Morgan fingerprint density at radius 2 is 2.08 bits per heavy atom. The lowest BCUT2D eigenvalue weighted by Gasteiger charge is -2.00. The highest BCUT2D eigenvalue weighted by Crippen LogP contribution is 2.29. The van der Waals surface area contributed by atoms with Crippen LogP contribution < -0.4 is 5.90 Å². The molecule has 1 aromatic rings. The van der Waals surface area contributed by atoms with Crippen LogP contribution in [0.2, 0.25) is 10.0 Å². The van der Waals surface area contributed by atoms with Crippen LogP contribution in [-0.4, -0.2) is 0 Å². The van der Waals surface area contributed by atoms with Crippen LogP contribution in [-0.2, 0) is 9.32 Å². The lowest BCUT2D eigenvalue weighted by atomic mass is 10.4. The van der Waals surface area contributed by atoms with E-state index in [9.17, 15) is 0 Å². The van der Waals surface area contributed by atoms with Gasteiger partial charge < -0.3 is 0 Å². The molecule has 0 aliphatic carbocycles. The maximum absolute atomic E-state index is 5.78. The molecular formula is C6H5Cl2NO2S. The van der Waals surface area contributed by atoms with E-state index in [1.165, 1.54) is 0 Å². The number of rotatable bonds is 3. The van der Waals surface area contributed by atoms with E-state index in [-0.39, 0.29) is 0 Å². The quantitative estimate of drug-likeness (QED) is 0.489. The summed E-state index contributed by atoms with van der Waals surface area (Å²) in [5.74, 6) is 4.64. The topological polar surface area (TPSA) is 44.5 Å². The molecule has 0 fully saturated rings. The van der Waals surface area contributed by atoms with Crippen molar-refractivity contribution in [3.8, 4) is 0 Å². The second kappa shape index (κ2) is 4.91. The summed E-state index contributed by atoms with van der Waals surface area (Å²) in [6.07, 6.45) is 0. The van der Waals surface area contributed by atoms with Crippen molar-refractivity contribution in [1.82, 2.24) is 0 Å². The molecule has 0 atom stereocenters. The third kappa shape index (κ3) is 2.82. The first kappa shape index (κ1) is 10.1. The van der Waals surface area contributed by atoms with Gasteiger partial charge in [0.05, 0.1) is 22.0 Å². The van der Waals surface area contributed by atoms with E-state index in [2.05, 4.69) is 15.2 Å². The largest absolute Gasteiger partial charge is 0.182 e. The Kier molecular flexibility index (Phi) is 4.14. The molecule has 3 nitrogen and oxygen atoms in total. The minimum absolute atomic E-state index is 0.490. The zero-order valence-corrected chi connectivity index (χ0v) is 8.12. The molecule has 0 amide bonds. The van der Waals surface area contributed by atoms with E-state index in [4.69, 9.17) is 23.2 Å². The number of hydrogen-bond donors (Lipinski definition) is 1. The fourth-order valence-corrected chi connectivity index (χ4v) is 1.48. The van der Waals surface area contributed by atoms with E-state index >= 15 is 0 Å². The van der Waals surface area contributed by atoms with Gasteiger partial charge in [0.2, 0.25) is 0 Å². The van der Waals surface area contributed by atoms with Crippen LogP contribution in [0.25, 0.3) is 0 Å². The van der Waals surface area contributed by atoms with E-state index in [0.29, 0.717) is 14.9 Å². The highest BCUT2D eigenvalue weighted by atomic mass is 35.5. The van der Waals surface area contributed by atoms with Crippen molar-refractivity contribution in [3.05, 3.63) is 28.2 Å². The Hall–Kier alpha value is 0.0300. The third-order valence-electron chi connectivity index (χ3n) is 1.06. The average molecular weight is 226 g/mol. The first-order valence-corrected chi connectivity index (χ1v) is 4.39. The number of nitrogens with two attached hydrogens (primary N) is 1. The van der Waals surface area contributed by atoms with Gasteiger partial charge in [-0.25, -0.2) is 0 Å². The summed E-state index contributed by atoms with van der Waals surface area (Å²) in [6.45, 7) is 0. The molecule has 1 rings (SSSR count). The second-order valence-electron chi connectivity index (χ2n) is 1.82. The highest BCUT2D eigenvalue weighted by Gasteiger charge is 2.02. The summed E-state index contributed by atoms with van der Waals surface area (Å²) in [6, 6.07) is 5.00. The summed E-state index contributed by atoms with van der Waals surface area (Å²) in [7, 11) is 0. The molecule has 0 heterocycles. The Bertz CT molecular complexity index is 272. The molecule has 0 saturated carbocycles. The number of benzene rings is 1. The zero-order valence-electron chi connectivity index (χ0n) is 5.79. The normalized spacial score (nSPS) is 10.2. The van der Waals surface area contributed by atoms with Crippen molar-refractivity contribution in [2.45, 2.75) is 4.90 Å². The SMILES string of the molecule is NOOSc1ccc(Cl)cc1Cl. The van der Waals surface area contributed by atoms with Crippen molar-refractivity contribution < 1.29 is 9.32 Å². The number of hydrogen-bond acceptors (Lipinski definition) is 4. The molecule has 0 bridgehead atoms. The Morgan fingerprint density at radius 1 is 1.33 bits per heavy atom. The molecule has 0 aliphatic heterocycles. The van der Waals surface area contributed by atoms with Gasteiger partial charge in [0.25, 0.3) is 0 Å². The summed E-state index contributed by atoms with van der Waals surface area (Å²) in [4.78, 5) is 4.59. The van der Waals surface area contributed by atoms with Crippen LogP contribution in [0.4, 0.5) is 0 Å². The zero-order chi connectivity index (χ0) is 8.97. The highest BCUT2D eigenvalue weighted by molar-refractivity contribution is 7.94. The van der Waals surface area contributed by atoms with Gasteiger partial charge in [-0.1, -0.05) is 23.2 Å². The van der Waals surface area contributed by atoms with Gasteiger partial charge in [-0.15, -0.1) is 9.32 Å². The predicted molar refractivity (Wildman–Crippen MR) is 48.7 cm³/mol. The minimum Gasteiger partial charge on any atom is -0.182 e. The standard InChI is InChI=1S/C6H5Cl2NO2S/c7-4-1-2-6(5(8)3-4)12-11-10-9/h1-3H,9H2. The van der Waals surface area contributed by atoms with Crippen molar-refractivity contribution in [2.75, 3.05) is 0 Å². The van der Waals surface area contributed by atoms with E-state index in [1.54, 1.807) is 18.2 Å². The van der Waals surface area contributed by atoms with Gasteiger partial charge in [0.1, 0.15) is 0 Å². The van der Waals surface area contributed by atoms with Crippen molar-refractivity contribution in [3.63, 3.8) is 0 Å². The van der Waals surface area contributed by atoms with Gasteiger partial charge in [0, 0.05) is 5.02 Å². The maximum atomic E-state index is 5.78. The van der Waals surface area contributed by atoms with Gasteiger partial charge >= 0.3 is 0 Å². The fraction of sp³-hybridized carbons (Fsp3) is 0. The molecule has 0 saturated heterocycles. The van der Waals surface area contributed by atoms with Crippen molar-refractivity contribution >= 4 is 35.2 Å². The van der Waals surface area contributed by atoms with Crippen LogP contribution in [0.3, 0.4) is 0 Å². The summed E-state index contributed by atoms with van der Waals surface area (Å²) >= 11 is 12.4. The molecule has 0 aliphatic rings. The van der Waals surface area contributed by atoms with Crippen LogP contribution in [0.5, 0.6) is 0 Å². The minimum atomic E-state index is 0.490. The molecule has 0 radical (unpaired) electrons. The maximum Gasteiger partial charge on any atom is 0.0718 e. The molecule has 1 aromatic carbocycles. The van der Waals surface area contributed by atoms with Crippen molar-refractivity contribution in [1.29, 1.82) is 0 Å². The Labute approximate surface area is 83.8 Å². The summed E-state index contributed by atoms with van der Waals surface area (Å²) in [5, 5.41) is 1.06. The van der Waals surface area contributed by atoms with Gasteiger partial charge in [-0.3, -0.25) is 0 Å². The van der Waals surface area contributed by atoms with Crippen LogP contribution >= 0.6 is 35.2 Å². The summed E-state index contributed by atoms with van der Waals surface area (Å²) in [5.41, 5.74) is 0. The molecule has 12 heavy (non-hydrogen) atoms. The molecule has 0 aromatic heterocycles. The van der Waals surface area contributed by atoms with Gasteiger partial charge in [-0.05, 0) is 18.2 Å². The smallest absolute Gasteiger partial charge is 0.0718 e. The second-order valence-corrected chi connectivity index (χ2v) is 3.41. The molecule has 0 unspecified atom stereocenters. The molecule has 6 heteroatoms. The lowest BCUT2D eigenvalue weighted by molar-refractivity contribution is -0.195. The average Bonchev–Trinajstić information content (AvgIpc) is 2.03. The molecular weight excluding hydrogens is 221 g/mol. The summed E-state index contributed by atoms with van der Waals surface area (Å²) < 4.78 is 4.41. The van der Waals surface area contributed by atoms with Crippen LogP contribution in [0.15, 0.2) is 23.1 Å².